The minimum absolute atomic E-state index is 0.110. The topological polar surface area (TPSA) is 55.1 Å². The highest BCUT2D eigenvalue weighted by atomic mass is 19.2. The van der Waals surface area contributed by atoms with E-state index in [4.69, 9.17) is 5.84 Å². The molecule has 0 spiro atoms. The average molecular weight is 164 g/mol. The second-order valence-corrected chi connectivity index (χ2v) is 2.65. The molecule has 3 nitrogen and oxygen atoms in total. The number of halogens is 2. The fourth-order valence-corrected chi connectivity index (χ4v) is 1.29. The number of nitrogens with two attached hydrogens (primary N) is 1. The van der Waals surface area contributed by atoms with Crippen molar-refractivity contribution in [3.8, 4) is 0 Å². The summed E-state index contributed by atoms with van der Waals surface area (Å²) in [5.41, 5.74) is 1.81. The molecule has 3 unspecified atom stereocenters. The Morgan fingerprint density at radius 3 is 2.45 bits per heavy atom. The Bertz CT molecular complexity index is 165. The lowest BCUT2D eigenvalue weighted by Gasteiger charge is -2.10. The highest BCUT2D eigenvalue weighted by Crippen LogP contribution is 2.30. The number of carbonyl (C=O) groups is 1. The van der Waals surface area contributed by atoms with E-state index in [0.717, 1.165) is 0 Å². The Labute approximate surface area is 62.9 Å². The first kappa shape index (κ1) is 8.39. The molecule has 5 heteroatoms. The third-order valence-corrected chi connectivity index (χ3v) is 1.96. The molecule has 11 heavy (non-hydrogen) atoms. The van der Waals surface area contributed by atoms with E-state index in [-0.39, 0.29) is 12.8 Å². The molecule has 3 N–H and O–H groups in total. The van der Waals surface area contributed by atoms with Gasteiger partial charge in [0.1, 0.15) is 12.3 Å². The second-order valence-electron chi connectivity index (χ2n) is 2.65. The first-order chi connectivity index (χ1) is 5.16. The molecular weight excluding hydrogens is 154 g/mol. The Kier molecular flexibility index (Phi) is 2.38. The molecule has 1 aliphatic rings. The highest BCUT2D eigenvalue weighted by Gasteiger charge is 2.40. The van der Waals surface area contributed by atoms with Crippen LogP contribution in [0.25, 0.3) is 0 Å². The number of hydrogen-bond acceptors (Lipinski definition) is 2. The van der Waals surface area contributed by atoms with Crippen LogP contribution in [-0.2, 0) is 4.79 Å². The number of alkyl halides is 2. The molecule has 0 bridgehead atoms. The Balaban J connectivity index is 2.54. The predicted octanol–water partition coefficient (Wildman–Crippen LogP) is 0.0625. The first-order valence-corrected chi connectivity index (χ1v) is 3.45. The lowest BCUT2D eigenvalue weighted by molar-refractivity contribution is -0.126. The van der Waals surface area contributed by atoms with Gasteiger partial charge in [-0.15, -0.1) is 0 Å². The largest absolute Gasteiger partial charge is 0.294 e. The summed E-state index contributed by atoms with van der Waals surface area (Å²) in [5.74, 6) is 3.26. The summed E-state index contributed by atoms with van der Waals surface area (Å²) in [6, 6.07) is 0. The van der Waals surface area contributed by atoms with E-state index >= 15 is 0 Å². The molecule has 1 aliphatic carbocycles. The molecular formula is C6H10F2N2O. The van der Waals surface area contributed by atoms with Gasteiger partial charge in [-0.25, -0.2) is 14.6 Å². The molecule has 1 amide bonds. The van der Waals surface area contributed by atoms with Gasteiger partial charge in [0.2, 0.25) is 5.91 Å². The summed E-state index contributed by atoms with van der Waals surface area (Å²) in [5, 5.41) is 0. The van der Waals surface area contributed by atoms with Gasteiger partial charge in [0.25, 0.3) is 0 Å². The molecule has 1 saturated carbocycles. The number of nitrogens with one attached hydrogen (secondary N) is 1. The smallest absolute Gasteiger partial charge is 0.240 e. The molecule has 64 valence electrons. The van der Waals surface area contributed by atoms with Crippen LogP contribution in [-0.4, -0.2) is 18.3 Å². The monoisotopic (exact) mass is 164 g/mol. The fourth-order valence-electron chi connectivity index (χ4n) is 1.29. The van der Waals surface area contributed by atoms with Crippen LogP contribution in [0, 0.1) is 5.92 Å². The van der Waals surface area contributed by atoms with Gasteiger partial charge in [-0.1, -0.05) is 0 Å². The fraction of sp³-hybridized carbons (Fsp3) is 0.833. The van der Waals surface area contributed by atoms with Crippen molar-refractivity contribution < 1.29 is 13.6 Å². The number of rotatable bonds is 1. The zero-order valence-electron chi connectivity index (χ0n) is 5.89. The van der Waals surface area contributed by atoms with Crippen LogP contribution in [0.4, 0.5) is 8.78 Å². The van der Waals surface area contributed by atoms with Crippen LogP contribution in [0.3, 0.4) is 0 Å². The molecule has 0 aromatic heterocycles. The third kappa shape index (κ3) is 1.48. The van der Waals surface area contributed by atoms with E-state index in [1.54, 1.807) is 0 Å². The summed E-state index contributed by atoms with van der Waals surface area (Å²) >= 11 is 0. The molecule has 0 aromatic rings. The first-order valence-electron chi connectivity index (χ1n) is 3.45. The zero-order valence-corrected chi connectivity index (χ0v) is 5.89. The van der Waals surface area contributed by atoms with Crippen LogP contribution in [0.2, 0.25) is 0 Å². The average Bonchev–Trinajstić information content (AvgIpc) is 2.32. The van der Waals surface area contributed by atoms with Gasteiger partial charge in [0.05, 0.1) is 5.92 Å². The van der Waals surface area contributed by atoms with E-state index in [9.17, 15) is 13.6 Å². The van der Waals surface area contributed by atoms with Crippen molar-refractivity contribution in [2.45, 2.75) is 25.2 Å². The molecule has 0 heterocycles. The number of hydrazine groups is 1. The SMILES string of the molecule is NNC(=O)C1CCC(F)C1F. The molecule has 0 aliphatic heterocycles. The molecule has 0 radical (unpaired) electrons. The lowest BCUT2D eigenvalue weighted by atomic mass is 10.1. The van der Waals surface area contributed by atoms with Crippen molar-refractivity contribution in [1.82, 2.24) is 5.43 Å². The number of hydrogen-bond donors (Lipinski definition) is 2. The van der Waals surface area contributed by atoms with Crippen molar-refractivity contribution in [2.24, 2.45) is 11.8 Å². The predicted molar refractivity (Wildman–Crippen MR) is 34.8 cm³/mol. The van der Waals surface area contributed by atoms with Gasteiger partial charge in [-0.3, -0.25) is 10.2 Å². The van der Waals surface area contributed by atoms with Gasteiger partial charge < -0.3 is 0 Å². The molecule has 1 rings (SSSR count). The van der Waals surface area contributed by atoms with E-state index in [1.165, 1.54) is 0 Å². The zero-order chi connectivity index (χ0) is 8.43. The van der Waals surface area contributed by atoms with Crippen molar-refractivity contribution in [3.05, 3.63) is 0 Å². The van der Waals surface area contributed by atoms with E-state index in [1.807, 2.05) is 5.43 Å². The van der Waals surface area contributed by atoms with Crippen molar-refractivity contribution in [1.29, 1.82) is 0 Å². The van der Waals surface area contributed by atoms with Crippen LogP contribution >= 0.6 is 0 Å². The number of carbonyl (C=O) groups excluding carboxylic acids is 1. The molecule has 0 aromatic carbocycles. The van der Waals surface area contributed by atoms with E-state index in [0.29, 0.717) is 0 Å². The van der Waals surface area contributed by atoms with Crippen molar-refractivity contribution in [2.75, 3.05) is 0 Å². The van der Waals surface area contributed by atoms with Crippen LogP contribution in [0.15, 0.2) is 0 Å². The quantitative estimate of drug-likeness (QED) is 0.327. The normalized spacial score (nSPS) is 37.2. The summed E-state index contributed by atoms with van der Waals surface area (Å²) in [6.45, 7) is 0. The van der Waals surface area contributed by atoms with Crippen molar-refractivity contribution >= 4 is 5.91 Å². The van der Waals surface area contributed by atoms with Crippen LogP contribution in [0.5, 0.6) is 0 Å². The standard InChI is InChI=1S/C6H10F2N2O/c7-4-2-1-3(5(4)8)6(11)10-9/h3-5H,1-2,9H2,(H,10,11). The minimum atomic E-state index is -1.68. The molecule has 1 fully saturated rings. The summed E-state index contributed by atoms with van der Waals surface area (Å²) < 4.78 is 25.2. The second kappa shape index (κ2) is 3.13. The third-order valence-electron chi connectivity index (χ3n) is 1.96. The maximum absolute atomic E-state index is 12.7. The molecule has 3 atom stereocenters. The Morgan fingerprint density at radius 2 is 2.09 bits per heavy atom. The van der Waals surface area contributed by atoms with Gasteiger partial charge in [-0.05, 0) is 12.8 Å². The summed E-state index contributed by atoms with van der Waals surface area (Å²) in [6.07, 6.45) is -2.83. The Morgan fingerprint density at radius 1 is 1.45 bits per heavy atom. The lowest BCUT2D eigenvalue weighted by Crippen LogP contribution is -2.39. The maximum Gasteiger partial charge on any atom is 0.240 e. The van der Waals surface area contributed by atoms with E-state index in [2.05, 4.69) is 0 Å². The summed E-state index contributed by atoms with van der Waals surface area (Å²) in [4.78, 5) is 10.7. The van der Waals surface area contributed by atoms with Crippen LogP contribution < -0.4 is 11.3 Å². The van der Waals surface area contributed by atoms with Gasteiger partial charge in [0, 0.05) is 0 Å². The van der Waals surface area contributed by atoms with Crippen molar-refractivity contribution in [3.63, 3.8) is 0 Å². The summed E-state index contributed by atoms with van der Waals surface area (Å²) in [7, 11) is 0. The molecule has 0 saturated heterocycles. The van der Waals surface area contributed by atoms with E-state index < -0.39 is 24.2 Å². The maximum atomic E-state index is 12.7. The van der Waals surface area contributed by atoms with Gasteiger partial charge >= 0.3 is 0 Å². The van der Waals surface area contributed by atoms with Gasteiger partial charge in [-0.2, -0.15) is 0 Å². The minimum Gasteiger partial charge on any atom is -0.294 e. The highest BCUT2D eigenvalue weighted by molar-refractivity contribution is 5.79. The van der Waals surface area contributed by atoms with Gasteiger partial charge in [0.15, 0.2) is 0 Å². The Hall–Kier alpha value is -0.710. The number of amides is 1. The van der Waals surface area contributed by atoms with Crippen LogP contribution in [0.1, 0.15) is 12.8 Å².